The van der Waals surface area contributed by atoms with E-state index in [0.29, 0.717) is 13.2 Å². The fourth-order valence-corrected chi connectivity index (χ4v) is 2.80. The van der Waals surface area contributed by atoms with Gasteiger partial charge in [0.25, 0.3) is 0 Å². The van der Waals surface area contributed by atoms with E-state index in [9.17, 15) is 4.79 Å². The van der Waals surface area contributed by atoms with E-state index in [1.807, 2.05) is 6.92 Å². The van der Waals surface area contributed by atoms with Crippen LogP contribution in [0.4, 0.5) is 0 Å². The summed E-state index contributed by atoms with van der Waals surface area (Å²) in [4.78, 5) is 13.4. The number of carbonyl (C=O) groups excluding carboxylic acids is 1. The number of nitrogens with zero attached hydrogens (tertiary/aromatic N) is 1. The first-order chi connectivity index (χ1) is 5.83. The molecule has 0 aromatic rings. The van der Waals surface area contributed by atoms with Crippen molar-refractivity contribution < 1.29 is 9.53 Å². The summed E-state index contributed by atoms with van der Waals surface area (Å²) >= 11 is 0. The standard InChI is InChI=1S/C9H13NO2/c1-2-12-6(11)4-10-3-5-7-8(5)9(7)10/h5,7-9H,2-4H2,1H3. The predicted molar refractivity (Wildman–Crippen MR) is 42.5 cm³/mol. The zero-order valence-corrected chi connectivity index (χ0v) is 7.19. The minimum absolute atomic E-state index is 0.0514. The molecule has 4 aliphatic rings. The Labute approximate surface area is 71.7 Å². The first-order valence-electron chi connectivity index (χ1n) is 4.72. The number of piperidine rings is 1. The summed E-state index contributed by atoms with van der Waals surface area (Å²) in [7, 11) is 0. The highest BCUT2D eigenvalue weighted by atomic mass is 16.5. The maximum atomic E-state index is 11.1. The number of esters is 1. The molecule has 3 heteroatoms. The summed E-state index contributed by atoms with van der Waals surface area (Å²) in [5.74, 6) is 2.88. The molecule has 0 aromatic carbocycles. The van der Waals surface area contributed by atoms with Crippen molar-refractivity contribution in [1.82, 2.24) is 4.90 Å². The van der Waals surface area contributed by atoms with Crippen LogP contribution in [0.25, 0.3) is 0 Å². The topological polar surface area (TPSA) is 29.5 Å². The van der Waals surface area contributed by atoms with Gasteiger partial charge in [-0.1, -0.05) is 0 Å². The Balaban J connectivity index is 1.52. The first-order valence-corrected chi connectivity index (χ1v) is 4.72. The molecule has 2 heterocycles. The molecule has 12 heavy (non-hydrogen) atoms. The molecule has 2 aliphatic carbocycles. The normalized spacial score (nSPS) is 47.1. The summed E-state index contributed by atoms with van der Waals surface area (Å²) in [5, 5.41) is 0. The van der Waals surface area contributed by atoms with Crippen LogP contribution < -0.4 is 0 Å². The minimum Gasteiger partial charge on any atom is -0.465 e. The molecule has 0 radical (unpaired) electrons. The number of fused-ring (bicyclic) bond motifs is 1. The molecule has 0 amide bonds. The SMILES string of the molecule is CCOC(=O)CN1CC2C3C2C31. The largest absolute Gasteiger partial charge is 0.465 e. The predicted octanol–water partition coefficient (Wildman–Crippen LogP) is 0.109. The van der Waals surface area contributed by atoms with Crippen LogP contribution in [0.3, 0.4) is 0 Å². The average Bonchev–Trinajstić information content (AvgIpc) is 2.82. The number of carbonyl (C=O) groups is 1. The molecule has 4 fully saturated rings. The number of hydrogen-bond acceptors (Lipinski definition) is 3. The van der Waals surface area contributed by atoms with E-state index in [2.05, 4.69) is 4.90 Å². The number of hydrogen-bond donors (Lipinski definition) is 0. The Bertz CT molecular complexity index is 224. The van der Waals surface area contributed by atoms with Gasteiger partial charge in [0, 0.05) is 12.6 Å². The van der Waals surface area contributed by atoms with Crippen molar-refractivity contribution in [2.75, 3.05) is 19.7 Å². The van der Waals surface area contributed by atoms with Crippen molar-refractivity contribution in [2.45, 2.75) is 13.0 Å². The molecule has 2 unspecified atom stereocenters. The van der Waals surface area contributed by atoms with Gasteiger partial charge < -0.3 is 4.74 Å². The Kier molecular flexibility index (Phi) is 1.16. The lowest BCUT2D eigenvalue weighted by Crippen LogP contribution is -2.29. The van der Waals surface area contributed by atoms with Crippen molar-refractivity contribution in [3.63, 3.8) is 0 Å². The molecule has 66 valence electrons. The smallest absolute Gasteiger partial charge is 0.320 e. The van der Waals surface area contributed by atoms with Crippen LogP contribution in [0, 0.1) is 17.8 Å². The van der Waals surface area contributed by atoms with Gasteiger partial charge in [-0.25, -0.2) is 0 Å². The van der Waals surface area contributed by atoms with Gasteiger partial charge in [0.05, 0.1) is 13.2 Å². The van der Waals surface area contributed by atoms with Gasteiger partial charge in [-0.15, -0.1) is 0 Å². The van der Waals surface area contributed by atoms with Crippen LogP contribution in [0.2, 0.25) is 0 Å². The van der Waals surface area contributed by atoms with E-state index in [4.69, 9.17) is 4.74 Å². The quantitative estimate of drug-likeness (QED) is 0.559. The lowest BCUT2D eigenvalue weighted by Gasteiger charge is -2.13. The lowest BCUT2D eigenvalue weighted by molar-refractivity contribution is -0.144. The van der Waals surface area contributed by atoms with Gasteiger partial charge in [0.2, 0.25) is 0 Å². The van der Waals surface area contributed by atoms with Crippen LogP contribution in [0.15, 0.2) is 0 Å². The van der Waals surface area contributed by atoms with Gasteiger partial charge in [-0.3, -0.25) is 9.69 Å². The summed E-state index contributed by atoms with van der Waals surface area (Å²) in [6, 6.07) is 0.777. The Morgan fingerprint density at radius 2 is 2.33 bits per heavy atom. The molecule has 0 spiro atoms. The van der Waals surface area contributed by atoms with E-state index >= 15 is 0 Å². The van der Waals surface area contributed by atoms with Crippen LogP contribution in [-0.2, 0) is 9.53 Å². The van der Waals surface area contributed by atoms with Crippen molar-refractivity contribution >= 4 is 5.97 Å². The second-order valence-electron chi connectivity index (χ2n) is 4.04. The molecule has 4 rings (SSSR count). The zero-order chi connectivity index (χ0) is 8.29. The maximum absolute atomic E-state index is 11.1. The van der Waals surface area contributed by atoms with Gasteiger partial charge in [-0.2, -0.15) is 0 Å². The van der Waals surface area contributed by atoms with Crippen molar-refractivity contribution in [3.05, 3.63) is 0 Å². The lowest BCUT2D eigenvalue weighted by atomic mass is 10.2. The second kappa shape index (κ2) is 2.02. The zero-order valence-electron chi connectivity index (χ0n) is 7.19. The van der Waals surface area contributed by atoms with E-state index in [1.165, 1.54) is 0 Å². The minimum atomic E-state index is -0.0514. The van der Waals surface area contributed by atoms with E-state index in [1.54, 1.807) is 0 Å². The third-order valence-corrected chi connectivity index (χ3v) is 3.44. The molecule has 2 atom stereocenters. The van der Waals surface area contributed by atoms with E-state index < -0.39 is 0 Å². The molecule has 3 nitrogen and oxygen atoms in total. The fourth-order valence-electron chi connectivity index (χ4n) is 2.80. The summed E-state index contributed by atoms with van der Waals surface area (Å²) in [6.07, 6.45) is 0. The Morgan fingerprint density at radius 1 is 1.58 bits per heavy atom. The van der Waals surface area contributed by atoms with Gasteiger partial charge in [0.1, 0.15) is 0 Å². The van der Waals surface area contributed by atoms with E-state index in [-0.39, 0.29) is 5.97 Å². The van der Waals surface area contributed by atoms with Crippen molar-refractivity contribution in [1.29, 1.82) is 0 Å². The van der Waals surface area contributed by atoms with Gasteiger partial charge >= 0.3 is 5.97 Å². The monoisotopic (exact) mass is 167 g/mol. The summed E-state index contributed by atoms with van der Waals surface area (Å²) in [6.45, 7) is 4.04. The van der Waals surface area contributed by atoms with Crippen molar-refractivity contribution in [3.8, 4) is 0 Å². The molecule has 0 aromatic heterocycles. The molecule has 0 N–H and O–H groups in total. The van der Waals surface area contributed by atoms with Crippen LogP contribution >= 0.6 is 0 Å². The third kappa shape index (κ3) is 0.724. The van der Waals surface area contributed by atoms with Crippen LogP contribution in [0.5, 0.6) is 0 Å². The number of rotatable bonds is 3. The Hall–Kier alpha value is -0.570. The second-order valence-corrected chi connectivity index (χ2v) is 4.04. The summed E-state index contributed by atoms with van der Waals surface area (Å²) in [5.41, 5.74) is 0. The fraction of sp³-hybridized carbons (Fsp3) is 0.889. The van der Waals surface area contributed by atoms with E-state index in [0.717, 1.165) is 30.3 Å². The molecule has 2 saturated heterocycles. The molecular weight excluding hydrogens is 154 g/mol. The third-order valence-electron chi connectivity index (χ3n) is 3.44. The Morgan fingerprint density at radius 3 is 2.83 bits per heavy atom. The van der Waals surface area contributed by atoms with Gasteiger partial charge in [-0.05, 0) is 24.7 Å². The number of ether oxygens (including phenoxy) is 1. The van der Waals surface area contributed by atoms with Crippen LogP contribution in [-0.4, -0.2) is 36.6 Å². The molecule has 2 aliphatic heterocycles. The molecule has 2 bridgehead atoms. The van der Waals surface area contributed by atoms with Crippen LogP contribution in [0.1, 0.15) is 6.92 Å². The first kappa shape index (κ1) is 6.89. The molecular formula is C9H13NO2. The highest BCUT2D eigenvalue weighted by Gasteiger charge is 2.80. The summed E-state index contributed by atoms with van der Waals surface area (Å²) < 4.78 is 4.90. The van der Waals surface area contributed by atoms with Crippen molar-refractivity contribution in [2.24, 2.45) is 17.8 Å². The highest BCUT2D eigenvalue weighted by Crippen LogP contribution is 2.75. The average molecular weight is 167 g/mol. The highest BCUT2D eigenvalue weighted by molar-refractivity contribution is 5.72. The molecule has 2 saturated carbocycles. The maximum Gasteiger partial charge on any atom is 0.320 e. The van der Waals surface area contributed by atoms with Gasteiger partial charge in [0.15, 0.2) is 0 Å².